The third kappa shape index (κ3) is 2.88. The van der Waals surface area contributed by atoms with Crippen molar-refractivity contribution in [3.05, 3.63) is 28.8 Å². The van der Waals surface area contributed by atoms with Gasteiger partial charge in [-0.05, 0) is 30.5 Å². The summed E-state index contributed by atoms with van der Waals surface area (Å²) < 4.78 is 11.1. The monoisotopic (exact) mass is 283 g/mol. The van der Waals surface area contributed by atoms with Gasteiger partial charge in [0.1, 0.15) is 5.75 Å². The highest BCUT2D eigenvalue weighted by Gasteiger charge is 2.39. The van der Waals surface area contributed by atoms with Crippen molar-refractivity contribution in [1.82, 2.24) is 0 Å². The highest BCUT2D eigenvalue weighted by molar-refractivity contribution is 6.32. The molecule has 1 aromatic carbocycles. The van der Waals surface area contributed by atoms with Crippen molar-refractivity contribution in [3.8, 4) is 5.75 Å². The minimum absolute atomic E-state index is 0.149. The Labute approximate surface area is 120 Å². The maximum absolute atomic E-state index is 6.47. The van der Waals surface area contributed by atoms with E-state index in [0.29, 0.717) is 10.8 Å². The second-order valence-electron chi connectivity index (χ2n) is 5.20. The molecule has 0 spiro atoms. The molecule has 1 saturated carbocycles. The second kappa shape index (κ2) is 6.12. The van der Waals surface area contributed by atoms with Crippen molar-refractivity contribution in [2.75, 3.05) is 14.2 Å². The molecule has 0 bridgehead atoms. The topological polar surface area (TPSA) is 44.5 Å². The molecule has 0 aliphatic heterocycles. The Morgan fingerprint density at radius 3 is 2.47 bits per heavy atom. The summed E-state index contributed by atoms with van der Waals surface area (Å²) in [5.74, 6) is 0.664. The van der Waals surface area contributed by atoms with Crippen LogP contribution in [-0.2, 0) is 4.74 Å². The summed E-state index contributed by atoms with van der Waals surface area (Å²) in [6.45, 7) is 0. The Morgan fingerprint density at radius 1 is 1.21 bits per heavy atom. The summed E-state index contributed by atoms with van der Waals surface area (Å²) in [5.41, 5.74) is 7.23. The van der Waals surface area contributed by atoms with E-state index < -0.39 is 0 Å². The van der Waals surface area contributed by atoms with Gasteiger partial charge >= 0.3 is 0 Å². The van der Waals surface area contributed by atoms with Gasteiger partial charge < -0.3 is 15.2 Å². The van der Waals surface area contributed by atoms with Crippen LogP contribution in [0.1, 0.15) is 43.7 Å². The van der Waals surface area contributed by atoms with Crippen LogP contribution in [0.5, 0.6) is 5.75 Å². The fourth-order valence-corrected chi connectivity index (χ4v) is 3.16. The number of rotatable bonds is 4. The largest absolute Gasteiger partial charge is 0.495 e. The Kier molecular flexibility index (Phi) is 4.71. The molecule has 0 aromatic heterocycles. The molecule has 1 aliphatic carbocycles. The number of halogens is 1. The SMILES string of the molecule is COc1cc(C(N)C2(OC)CCCCC2)ccc1Cl. The normalized spacial score (nSPS) is 20.0. The van der Waals surface area contributed by atoms with Crippen molar-refractivity contribution in [1.29, 1.82) is 0 Å². The first kappa shape index (κ1) is 14.6. The lowest BCUT2D eigenvalue weighted by Crippen LogP contribution is -2.44. The average Bonchev–Trinajstić information content (AvgIpc) is 2.47. The smallest absolute Gasteiger partial charge is 0.137 e. The van der Waals surface area contributed by atoms with Gasteiger partial charge in [-0.3, -0.25) is 0 Å². The highest BCUT2D eigenvalue weighted by Crippen LogP contribution is 2.41. The molecule has 106 valence electrons. The van der Waals surface area contributed by atoms with E-state index in [9.17, 15) is 0 Å². The Hall–Kier alpha value is -0.770. The molecule has 1 fully saturated rings. The molecule has 0 saturated heterocycles. The molecule has 1 atom stereocenters. The molecule has 19 heavy (non-hydrogen) atoms. The van der Waals surface area contributed by atoms with Crippen LogP contribution in [0.3, 0.4) is 0 Å². The molecule has 0 heterocycles. The number of benzene rings is 1. The first-order chi connectivity index (χ1) is 9.13. The van der Waals surface area contributed by atoms with Gasteiger partial charge in [-0.1, -0.05) is 36.9 Å². The van der Waals surface area contributed by atoms with E-state index >= 15 is 0 Å². The van der Waals surface area contributed by atoms with Crippen LogP contribution in [0.15, 0.2) is 18.2 Å². The maximum atomic E-state index is 6.47. The molecular formula is C15H22ClNO2. The molecule has 4 heteroatoms. The molecule has 0 radical (unpaired) electrons. The van der Waals surface area contributed by atoms with E-state index in [-0.39, 0.29) is 11.6 Å². The molecule has 2 N–H and O–H groups in total. The lowest BCUT2D eigenvalue weighted by Gasteiger charge is -2.41. The summed E-state index contributed by atoms with van der Waals surface area (Å²) in [4.78, 5) is 0. The third-order valence-electron chi connectivity index (χ3n) is 4.21. The van der Waals surface area contributed by atoms with E-state index in [1.807, 2.05) is 18.2 Å². The summed E-state index contributed by atoms with van der Waals surface area (Å²) in [6, 6.07) is 5.57. The number of hydrogen-bond acceptors (Lipinski definition) is 3. The molecule has 3 nitrogen and oxygen atoms in total. The van der Waals surface area contributed by atoms with E-state index in [2.05, 4.69) is 0 Å². The molecule has 0 amide bonds. The van der Waals surface area contributed by atoms with Gasteiger partial charge in [-0.2, -0.15) is 0 Å². The fourth-order valence-electron chi connectivity index (χ4n) is 2.97. The predicted octanol–water partition coefficient (Wildman–Crippen LogP) is 3.70. The summed E-state index contributed by atoms with van der Waals surface area (Å²) in [7, 11) is 3.38. The third-order valence-corrected chi connectivity index (χ3v) is 4.52. The second-order valence-corrected chi connectivity index (χ2v) is 5.61. The fraction of sp³-hybridized carbons (Fsp3) is 0.600. The van der Waals surface area contributed by atoms with Crippen LogP contribution >= 0.6 is 11.6 Å². The molecule has 1 unspecified atom stereocenters. The summed E-state index contributed by atoms with van der Waals surface area (Å²) in [6.07, 6.45) is 5.63. The van der Waals surface area contributed by atoms with E-state index in [0.717, 1.165) is 18.4 Å². The van der Waals surface area contributed by atoms with Crippen LogP contribution in [0.2, 0.25) is 5.02 Å². The van der Waals surface area contributed by atoms with Gasteiger partial charge in [0, 0.05) is 7.11 Å². The van der Waals surface area contributed by atoms with E-state index in [1.54, 1.807) is 14.2 Å². The van der Waals surface area contributed by atoms with Gasteiger partial charge in [-0.15, -0.1) is 0 Å². The van der Waals surface area contributed by atoms with Crippen molar-refractivity contribution >= 4 is 11.6 Å². The molecular weight excluding hydrogens is 262 g/mol. The summed E-state index contributed by atoms with van der Waals surface area (Å²) in [5, 5.41) is 0.605. The number of methoxy groups -OCH3 is 2. The zero-order valence-electron chi connectivity index (χ0n) is 11.6. The van der Waals surface area contributed by atoms with E-state index in [4.69, 9.17) is 26.8 Å². The van der Waals surface area contributed by atoms with Gasteiger partial charge in [0.25, 0.3) is 0 Å². The quantitative estimate of drug-likeness (QED) is 0.916. The number of ether oxygens (including phenoxy) is 2. The Bertz CT molecular complexity index is 430. The lowest BCUT2D eigenvalue weighted by atomic mass is 9.77. The zero-order valence-corrected chi connectivity index (χ0v) is 12.4. The lowest BCUT2D eigenvalue weighted by molar-refractivity contribution is -0.0595. The average molecular weight is 284 g/mol. The standard InChI is InChI=1S/C15H22ClNO2/c1-18-13-10-11(6-7-12(13)16)14(17)15(19-2)8-4-3-5-9-15/h6-7,10,14H,3-5,8-9,17H2,1-2H3. The van der Waals surface area contributed by atoms with Crippen LogP contribution in [0.4, 0.5) is 0 Å². The van der Waals surface area contributed by atoms with Crippen molar-refractivity contribution in [3.63, 3.8) is 0 Å². The van der Waals surface area contributed by atoms with Crippen molar-refractivity contribution < 1.29 is 9.47 Å². The van der Waals surface area contributed by atoms with Crippen LogP contribution in [-0.4, -0.2) is 19.8 Å². The van der Waals surface area contributed by atoms with Crippen LogP contribution in [0, 0.1) is 0 Å². The van der Waals surface area contributed by atoms with Gasteiger partial charge in [-0.25, -0.2) is 0 Å². The van der Waals surface area contributed by atoms with Crippen molar-refractivity contribution in [2.24, 2.45) is 5.73 Å². The minimum Gasteiger partial charge on any atom is -0.495 e. The van der Waals surface area contributed by atoms with E-state index in [1.165, 1.54) is 19.3 Å². The predicted molar refractivity (Wildman–Crippen MR) is 77.8 cm³/mol. The van der Waals surface area contributed by atoms with Gasteiger partial charge in [0.15, 0.2) is 0 Å². The first-order valence-electron chi connectivity index (χ1n) is 6.77. The minimum atomic E-state index is -0.253. The number of nitrogens with two attached hydrogens (primary N) is 1. The van der Waals surface area contributed by atoms with Crippen LogP contribution < -0.4 is 10.5 Å². The molecule has 1 aliphatic rings. The van der Waals surface area contributed by atoms with Crippen LogP contribution in [0.25, 0.3) is 0 Å². The van der Waals surface area contributed by atoms with Gasteiger partial charge in [0.05, 0.1) is 23.8 Å². The first-order valence-corrected chi connectivity index (χ1v) is 7.15. The highest BCUT2D eigenvalue weighted by atomic mass is 35.5. The van der Waals surface area contributed by atoms with Gasteiger partial charge in [0.2, 0.25) is 0 Å². The number of hydrogen-bond donors (Lipinski definition) is 1. The zero-order chi connectivity index (χ0) is 13.9. The molecule has 2 rings (SSSR count). The summed E-state index contributed by atoms with van der Waals surface area (Å²) >= 11 is 6.06. The maximum Gasteiger partial charge on any atom is 0.137 e. The Balaban J connectivity index is 2.28. The molecule has 1 aromatic rings. The van der Waals surface area contributed by atoms with Crippen molar-refractivity contribution in [2.45, 2.75) is 43.7 Å². The Morgan fingerprint density at radius 2 is 1.89 bits per heavy atom.